The maximum Gasteiger partial charge on any atom is 0.240 e. The van der Waals surface area contributed by atoms with Crippen LogP contribution in [-0.4, -0.2) is 29.2 Å². The maximum absolute atomic E-state index is 14.3. The molecule has 6 heteroatoms. The first-order valence-corrected chi connectivity index (χ1v) is 11.5. The Morgan fingerprint density at radius 1 is 0.909 bits per heavy atom. The molecule has 2 atom stereocenters. The quantitative estimate of drug-likeness (QED) is 0.596. The average molecular weight is 457 g/mol. The minimum atomic E-state index is -1.30. The van der Waals surface area contributed by atoms with Gasteiger partial charge in [-0.3, -0.25) is 19.3 Å². The molecule has 1 N–H and O–H groups in total. The second-order valence-corrected chi connectivity index (χ2v) is 9.28. The number of hydrogen-bond acceptors (Lipinski definition) is 3. The monoisotopic (exact) mass is 456 g/mol. The van der Waals surface area contributed by atoms with Crippen molar-refractivity contribution < 1.29 is 14.4 Å². The molecule has 3 aromatic rings. The molecule has 33 heavy (non-hydrogen) atoms. The molecule has 3 aromatic carbocycles. The van der Waals surface area contributed by atoms with Crippen molar-refractivity contribution in [3.63, 3.8) is 0 Å². The number of benzene rings is 3. The smallest absolute Gasteiger partial charge is 0.240 e. The van der Waals surface area contributed by atoms with Crippen LogP contribution in [0.3, 0.4) is 0 Å². The van der Waals surface area contributed by atoms with Crippen molar-refractivity contribution in [2.24, 2.45) is 11.8 Å². The molecule has 3 amide bonds. The van der Waals surface area contributed by atoms with Crippen molar-refractivity contribution in [1.29, 1.82) is 0 Å². The SMILES string of the molecule is CCN1C(=O)C2C3c4ccccc4C(C(=O)Nc4ccc(Cl)cc4)(c4ccccc43)C2C1=O. The number of likely N-dealkylation sites (tertiary alicyclic amines) is 1. The number of imide groups is 1. The third-order valence-corrected chi connectivity index (χ3v) is 7.74. The van der Waals surface area contributed by atoms with Crippen molar-refractivity contribution >= 4 is 35.0 Å². The summed E-state index contributed by atoms with van der Waals surface area (Å²) in [7, 11) is 0. The van der Waals surface area contributed by atoms with E-state index in [-0.39, 0.29) is 23.6 Å². The van der Waals surface area contributed by atoms with Gasteiger partial charge in [0.25, 0.3) is 0 Å². The zero-order valence-electron chi connectivity index (χ0n) is 17.9. The number of nitrogens with zero attached hydrogens (tertiary/aromatic N) is 1. The zero-order chi connectivity index (χ0) is 22.9. The molecule has 7 rings (SSSR count). The van der Waals surface area contributed by atoms with Crippen LogP contribution in [-0.2, 0) is 19.8 Å². The summed E-state index contributed by atoms with van der Waals surface area (Å²) < 4.78 is 0. The van der Waals surface area contributed by atoms with Gasteiger partial charge in [-0.1, -0.05) is 60.1 Å². The lowest BCUT2D eigenvalue weighted by Crippen LogP contribution is -2.59. The minimum absolute atomic E-state index is 0.190. The number of hydrogen-bond donors (Lipinski definition) is 1. The lowest BCUT2D eigenvalue weighted by Gasteiger charge is -2.52. The number of halogens is 1. The predicted octanol–water partition coefficient (Wildman–Crippen LogP) is 4.34. The molecule has 0 radical (unpaired) electrons. The molecular weight excluding hydrogens is 436 g/mol. The van der Waals surface area contributed by atoms with Gasteiger partial charge in [0.2, 0.25) is 17.7 Å². The van der Waals surface area contributed by atoms with E-state index >= 15 is 0 Å². The van der Waals surface area contributed by atoms with E-state index < -0.39 is 17.3 Å². The summed E-state index contributed by atoms with van der Waals surface area (Å²) in [5.41, 5.74) is 2.79. The Morgan fingerprint density at radius 2 is 1.48 bits per heavy atom. The highest BCUT2D eigenvalue weighted by Crippen LogP contribution is 2.64. The molecule has 1 heterocycles. The fraction of sp³-hybridized carbons (Fsp3) is 0.222. The standard InChI is InChI=1S/C27H21ClN2O3/c1-2-30-24(31)22-21-17-7-3-5-9-19(17)27(23(22)25(30)32,20-10-6-4-8-18(20)21)26(33)29-16-13-11-15(28)12-14-16/h3-14,21-23H,2H2,1H3,(H,29,33). The fourth-order valence-electron chi connectivity index (χ4n) is 6.29. The molecule has 2 unspecified atom stereocenters. The van der Waals surface area contributed by atoms with Gasteiger partial charge in [-0.15, -0.1) is 0 Å². The molecule has 164 valence electrons. The van der Waals surface area contributed by atoms with E-state index in [0.717, 1.165) is 22.3 Å². The largest absolute Gasteiger partial charge is 0.325 e. The zero-order valence-corrected chi connectivity index (χ0v) is 18.7. The highest BCUT2D eigenvalue weighted by Gasteiger charge is 2.70. The molecule has 2 bridgehead atoms. The van der Waals surface area contributed by atoms with Gasteiger partial charge in [0.15, 0.2) is 0 Å². The number of carbonyl (C=O) groups is 3. The number of nitrogens with one attached hydrogen (secondary N) is 1. The van der Waals surface area contributed by atoms with Gasteiger partial charge in [-0.25, -0.2) is 0 Å². The van der Waals surface area contributed by atoms with E-state index in [1.165, 1.54) is 4.90 Å². The molecule has 1 saturated heterocycles. The van der Waals surface area contributed by atoms with Crippen LogP contribution >= 0.6 is 11.6 Å². The molecule has 0 saturated carbocycles. The number of carbonyl (C=O) groups excluding carboxylic acids is 3. The van der Waals surface area contributed by atoms with Crippen molar-refractivity contribution in [3.05, 3.63) is 100 Å². The first-order chi connectivity index (χ1) is 16.0. The first kappa shape index (κ1) is 20.2. The normalized spacial score (nSPS) is 26.6. The van der Waals surface area contributed by atoms with Gasteiger partial charge < -0.3 is 5.32 Å². The second-order valence-electron chi connectivity index (χ2n) is 8.85. The molecule has 0 aromatic heterocycles. The number of rotatable bonds is 3. The molecular formula is C27H21ClN2O3. The molecule has 5 nitrogen and oxygen atoms in total. The van der Waals surface area contributed by atoms with Gasteiger partial charge >= 0.3 is 0 Å². The van der Waals surface area contributed by atoms with Crippen LogP contribution in [0.1, 0.15) is 35.1 Å². The Morgan fingerprint density at radius 3 is 2.06 bits per heavy atom. The van der Waals surface area contributed by atoms with Crippen LogP contribution in [0.4, 0.5) is 5.69 Å². The Kier molecular flexibility index (Phi) is 4.30. The number of anilines is 1. The number of amides is 3. The van der Waals surface area contributed by atoms with Crippen molar-refractivity contribution in [3.8, 4) is 0 Å². The summed E-state index contributed by atoms with van der Waals surface area (Å²) in [6.07, 6.45) is 0. The lowest BCUT2D eigenvalue weighted by molar-refractivity contribution is -0.141. The van der Waals surface area contributed by atoms with Gasteiger partial charge in [0, 0.05) is 23.2 Å². The van der Waals surface area contributed by atoms with Gasteiger partial charge in [-0.05, 0) is 53.4 Å². The molecule has 3 aliphatic carbocycles. The van der Waals surface area contributed by atoms with Crippen LogP contribution in [0, 0.1) is 11.8 Å². The summed E-state index contributed by atoms with van der Waals surface area (Å²) >= 11 is 6.03. The second kappa shape index (κ2) is 7.03. The van der Waals surface area contributed by atoms with Crippen molar-refractivity contribution in [2.75, 3.05) is 11.9 Å². The van der Waals surface area contributed by atoms with Crippen LogP contribution in [0.15, 0.2) is 72.8 Å². The van der Waals surface area contributed by atoms with E-state index in [2.05, 4.69) is 5.32 Å². The highest BCUT2D eigenvalue weighted by molar-refractivity contribution is 6.30. The van der Waals surface area contributed by atoms with Crippen molar-refractivity contribution in [2.45, 2.75) is 18.3 Å². The summed E-state index contributed by atoms with van der Waals surface area (Å²) in [5.74, 6) is -2.40. The van der Waals surface area contributed by atoms with Gasteiger partial charge in [0.1, 0.15) is 5.41 Å². The lowest BCUT2D eigenvalue weighted by atomic mass is 9.47. The van der Waals surface area contributed by atoms with Crippen LogP contribution in [0.5, 0.6) is 0 Å². The van der Waals surface area contributed by atoms with Crippen LogP contribution < -0.4 is 5.32 Å². The molecule has 1 aliphatic heterocycles. The third kappa shape index (κ3) is 2.46. The van der Waals surface area contributed by atoms with Crippen LogP contribution in [0.2, 0.25) is 5.02 Å². The molecule has 4 aliphatic rings. The Balaban J connectivity index is 1.64. The van der Waals surface area contributed by atoms with E-state index in [1.54, 1.807) is 31.2 Å². The minimum Gasteiger partial charge on any atom is -0.325 e. The third-order valence-electron chi connectivity index (χ3n) is 7.49. The van der Waals surface area contributed by atoms with Crippen molar-refractivity contribution in [1.82, 2.24) is 4.90 Å². The molecule has 1 fully saturated rings. The summed E-state index contributed by atoms with van der Waals surface area (Å²) in [4.78, 5) is 42.9. The summed E-state index contributed by atoms with van der Waals surface area (Å²) in [6, 6.07) is 22.4. The predicted molar refractivity (Wildman–Crippen MR) is 125 cm³/mol. The van der Waals surface area contributed by atoms with E-state index in [4.69, 9.17) is 11.6 Å². The molecule has 0 spiro atoms. The topological polar surface area (TPSA) is 66.5 Å². The summed E-state index contributed by atoms with van der Waals surface area (Å²) in [5, 5.41) is 3.60. The van der Waals surface area contributed by atoms with Gasteiger partial charge in [-0.2, -0.15) is 0 Å². The highest BCUT2D eigenvalue weighted by atomic mass is 35.5. The summed E-state index contributed by atoms with van der Waals surface area (Å²) in [6.45, 7) is 2.09. The average Bonchev–Trinajstić information content (AvgIpc) is 3.10. The van der Waals surface area contributed by atoms with E-state index in [9.17, 15) is 14.4 Å². The Labute approximate surface area is 196 Å². The maximum atomic E-state index is 14.3. The first-order valence-electron chi connectivity index (χ1n) is 11.1. The van der Waals surface area contributed by atoms with Gasteiger partial charge in [0.05, 0.1) is 11.8 Å². The van der Waals surface area contributed by atoms with Crippen LogP contribution in [0.25, 0.3) is 0 Å². The Bertz CT molecular complexity index is 1290. The van der Waals surface area contributed by atoms with E-state index in [1.807, 2.05) is 48.5 Å². The fourth-order valence-corrected chi connectivity index (χ4v) is 6.42. The Hall–Kier alpha value is -3.44. The van der Waals surface area contributed by atoms with E-state index in [0.29, 0.717) is 17.3 Å².